The highest BCUT2D eigenvalue weighted by Crippen LogP contribution is 2.42. The molecule has 2 aromatic rings. The average molecular weight is 361 g/mol. The van der Waals surface area contributed by atoms with E-state index in [4.69, 9.17) is 15.2 Å². The summed E-state index contributed by atoms with van der Waals surface area (Å²) in [6, 6.07) is 11.1. The van der Waals surface area contributed by atoms with Gasteiger partial charge in [0.1, 0.15) is 5.75 Å². The Labute approximate surface area is 152 Å². The highest BCUT2D eigenvalue weighted by Gasteiger charge is 2.30. The van der Waals surface area contributed by atoms with E-state index in [9.17, 15) is 9.90 Å². The lowest BCUT2D eigenvalue weighted by Gasteiger charge is -2.23. The minimum absolute atomic E-state index is 0.553. The summed E-state index contributed by atoms with van der Waals surface area (Å²) in [6.07, 6.45) is -1.32. The molecule has 5 nitrogen and oxygen atoms in total. The van der Waals surface area contributed by atoms with Crippen molar-refractivity contribution in [3.8, 4) is 5.75 Å². The molecule has 3 N–H and O–H groups in total. The molecule has 0 radical (unpaired) electrons. The van der Waals surface area contributed by atoms with Crippen molar-refractivity contribution in [1.82, 2.24) is 0 Å². The van der Waals surface area contributed by atoms with Gasteiger partial charge in [-0.25, -0.2) is 4.79 Å². The molecule has 0 spiro atoms. The quantitative estimate of drug-likeness (QED) is 0.467. The third kappa shape index (κ3) is 4.27. The van der Waals surface area contributed by atoms with Crippen molar-refractivity contribution in [3.63, 3.8) is 0 Å². The lowest BCUT2D eigenvalue weighted by atomic mass is 10.1. The molecular formula is C19H23NO4S. The molecule has 0 unspecified atom stereocenters. The summed E-state index contributed by atoms with van der Waals surface area (Å²) in [7, 11) is 2.84. The van der Waals surface area contributed by atoms with Crippen LogP contribution in [0.15, 0.2) is 41.3 Å². The van der Waals surface area contributed by atoms with Gasteiger partial charge in [0.05, 0.1) is 19.5 Å². The monoisotopic (exact) mass is 361 g/mol. The number of anilines is 1. The summed E-state index contributed by atoms with van der Waals surface area (Å²) in [5.74, 6) is 0.0153. The van der Waals surface area contributed by atoms with Gasteiger partial charge in [-0.2, -0.15) is 0 Å². The van der Waals surface area contributed by atoms with Crippen molar-refractivity contribution < 1.29 is 19.4 Å². The van der Waals surface area contributed by atoms with Crippen LogP contribution in [0.4, 0.5) is 5.69 Å². The largest absolute Gasteiger partial charge is 0.497 e. The molecule has 0 aliphatic rings. The first-order chi connectivity index (χ1) is 11.9. The number of aliphatic hydroxyl groups is 1. The van der Waals surface area contributed by atoms with E-state index in [-0.39, 0.29) is 0 Å². The van der Waals surface area contributed by atoms with Crippen molar-refractivity contribution >= 4 is 23.4 Å². The van der Waals surface area contributed by atoms with Gasteiger partial charge in [-0.15, -0.1) is 11.8 Å². The van der Waals surface area contributed by atoms with E-state index in [2.05, 4.69) is 0 Å². The first-order valence-corrected chi connectivity index (χ1v) is 8.69. The smallest absolute Gasteiger partial charge is 0.336 e. The maximum Gasteiger partial charge on any atom is 0.336 e. The van der Waals surface area contributed by atoms with Crippen LogP contribution in [0.3, 0.4) is 0 Å². The van der Waals surface area contributed by atoms with E-state index in [0.717, 1.165) is 21.6 Å². The van der Waals surface area contributed by atoms with Crippen LogP contribution in [0.2, 0.25) is 0 Å². The van der Waals surface area contributed by atoms with Crippen LogP contribution in [0.5, 0.6) is 5.75 Å². The van der Waals surface area contributed by atoms with Crippen molar-refractivity contribution in [2.75, 3.05) is 20.0 Å². The van der Waals surface area contributed by atoms with E-state index in [1.165, 1.54) is 18.9 Å². The summed E-state index contributed by atoms with van der Waals surface area (Å²) in [6.45, 7) is 3.94. The number of methoxy groups -OCH3 is 2. The van der Waals surface area contributed by atoms with Crippen LogP contribution in [0.25, 0.3) is 0 Å². The zero-order valence-electron chi connectivity index (χ0n) is 14.8. The summed E-state index contributed by atoms with van der Waals surface area (Å²) >= 11 is 1.34. The predicted octanol–water partition coefficient (Wildman–Crippen LogP) is 3.26. The number of hydrogen-bond acceptors (Lipinski definition) is 6. The second-order valence-corrected chi connectivity index (χ2v) is 6.88. The maximum atomic E-state index is 11.9. The highest BCUT2D eigenvalue weighted by molar-refractivity contribution is 7.99. The minimum Gasteiger partial charge on any atom is -0.497 e. The number of aryl methyl sites for hydroxylation is 1. The van der Waals surface area contributed by atoms with Crippen molar-refractivity contribution in [2.24, 2.45) is 0 Å². The van der Waals surface area contributed by atoms with E-state index < -0.39 is 17.3 Å². The average Bonchev–Trinajstić information content (AvgIpc) is 2.64. The maximum absolute atomic E-state index is 11.9. The van der Waals surface area contributed by atoms with Gasteiger partial charge in [-0.05, 0) is 48.7 Å². The van der Waals surface area contributed by atoms with Crippen LogP contribution >= 0.6 is 11.8 Å². The molecule has 2 aromatic carbocycles. The first kappa shape index (κ1) is 19.1. The summed E-state index contributed by atoms with van der Waals surface area (Å²) in [5, 5.41) is 9.91. The Kier molecular flexibility index (Phi) is 6.33. The molecule has 0 aromatic heterocycles. The molecule has 6 heteroatoms. The molecule has 134 valence electrons. The lowest BCUT2D eigenvalue weighted by molar-refractivity contribution is -0.150. The van der Waals surface area contributed by atoms with Gasteiger partial charge in [0.25, 0.3) is 0 Å². The Bertz CT molecular complexity index is 746. The van der Waals surface area contributed by atoms with Crippen LogP contribution in [-0.4, -0.2) is 31.4 Å². The SMILES string of the molecule is COC(=O)[C@@H](O)[C@H](Sc1ccc(C)c(C)c1N)c1ccc(OC)cc1. The zero-order chi connectivity index (χ0) is 18.6. The number of carbonyl (C=O) groups excluding carboxylic acids is 1. The Hall–Kier alpha value is -2.18. The molecule has 2 rings (SSSR count). The zero-order valence-corrected chi connectivity index (χ0v) is 15.6. The fraction of sp³-hybridized carbons (Fsp3) is 0.316. The number of carbonyl (C=O) groups is 1. The summed E-state index contributed by atoms with van der Waals surface area (Å²) < 4.78 is 9.88. The number of esters is 1. The number of rotatable bonds is 6. The molecule has 0 aliphatic heterocycles. The molecule has 0 aliphatic carbocycles. The van der Waals surface area contributed by atoms with Gasteiger partial charge >= 0.3 is 5.97 Å². The Morgan fingerprint density at radius 3 is 2.32 bits per heavy atom. The second kappa shape index (κ2) is 8.27. The van der Waals surface area contributed by atoms with Crippen LogP contribution in [0.1, 0.15) is 21.9 Å². The van der Waals surface area contributed by atoms with E-state index in [0.29, 0.717) is 11.4 Å². The summed E-state index contributed by atoms with van der Waals surface area (Å²) in [5.41, 5.74) is 9.74. The Morgan fingerprint density at radius 1 is 1.12 bits per heavy atom. The minimum atomic E-state index is -1.32. The first-order valence-electron chi connectivity index (χ1n) is 7.81. The third-order valence-electron chi connectivity index (χ3n) is 4.17. The molecule has 0 fully saturated rings. The van der Waals surface area contributed by atoms with E-state index in [1.54, 1.807) is 19.2 Å². The number of hydrogen-bond donors (Lipinski definition) is 2. The van der Waals surface area contributed by atoms with Crippen LogP contribution in [-0.2, 0) is 9.53 Å². The lowest BCUT2D eigenvalue weighted by Crippen LogP contribution is -2.27. The number of benzene rings is 2. The summed E-state index contributed by atoms with van der Waals surface area (Å²) in [4.78, 5) is 12.7. The van der Waals surface area contributed by atoms with Crippen molar-refractivity contribution in [3.05, 3.63) is 53.1 Å². The van der Waals surface area contributed by atoms with E-state index in [1.807, 2.05) is 38.1 Å². The topological polar surface area (TPSA) is 81.8 Å². The number of ether oxygens (including phenoxy) is 2. The molecule has 0 heterocycles. The second-order valence-electron chi connectivity index (χ2n) is 5.70. The standard InChI is InChI=1S/C19H23NO4S/c1-11-5-10-15(16(20)12(11)2)25-18(17(21)19(22)24-4)13-6-8-14(23-3)9-7-13/h5-10,17-18,21H,20H2,1-4H3/t17-,18+/m0/s1. The van der Waals surface area contributed by atoms with Crippen molar-refractivity contribution in [2.45, 2.75) is 30.1 Å². The number of thioether (sulfide) groups is 1. The van der Waals surface area contributed by atoms with Gasteiger partial charge in [-0.3, -0.25) is 0 Å². The van der Waals surface area contributed by atoms with Gasteiger partial charge < -0.3 is 20.3 Å². The predicted molar refractivity (Wildman–Crippen MR) is 99.9 cm³/mol. The number of nitrogen functional groups attached to an aromatic ring is 1. The molecule has 0 amide bonds. The molecule has 2 atom stereocenters. The Balaban J connectivity index is 2.41. The molecule has 0 bridgehead atoms. The molecule has 0 saturated heterocycles. The number of nitrogens with two attached hydrogens (primary N) is 1. The highest BCUT2D eigenvalue weighted by atomic mass is 32.2. The normalized spacial score (nSPS) is 13.2. The van der Waals surface area contributed by atoms with Gasteiger partial charge in [0.15, 0.2) is 6.10 Å². The molecular weight excluding hydrogens is 338 g/mol. The molecule has 0 saturated carbocycles. The van der Waals surface area contributed by atoms with Crippen LogP contribution in [0, 0.1) is 13.8 Å². The van der Waals surface area contributed by atoms with Gasteiger partial charge in [-0.1, -0.05) is 18.2 Å². The van der Waals surface area contributed by atoms with Gasteiger partial charge in [0.2, 0.25) is 0 Å². The fourth-order valence-corrected chi connectivity index (χ4v) is 3.64. The number of aliphatic hydroxyl groups excluding tert-OH is 1. The van der Waals surface area contributed by atoms with Gasteiger partial charge in [0, 0.05) is 10.6 Å². The fourth-order valence-electron chi connectivity index (χ4n) is 2.40. The van der Waals surface area contributed by atoms with Crippen molar-refractivity contribution in [1.29, 1.82) is 0 Å². The van der Waals surface area contributed by atoms with E-state index >= 15 is 0 Å². The third-order valence-corrected chi connectivity index (χ3v) is 5.57. The Morgan fingerprint density at radius 2 is 1.76 bits per heavy atom. The van der Waals surface area contributed by atoms with Crippen LogP contribution < -0.4 is 10.5 Å². The molecule has 25 heavy (non-hydrogen) atoms.